The second-order valence-electron chi connectivity index (χ2n) is 2.81. The lowest BCUT2D eigenvalue weighted by Gasteiger charge is -2.07. The van der Waals surface area contributed by atoms with Gasteiger partial charge in [-0.05, 0) is 24.6 Å². The third-order valence-corrected chi connectivity index (χ3v) is 2.28. The summed E-state index contributed by atoms with van der Waals surface area (Å²) in [6, 6.07) is 4.10. The molecule has 0 N–H and O–H groups in total. The molecule has 0 fully saturated rings. The van der Waals surface area contributed by atoms with Gasteiger partial charge in [0.1, 0.15) is 0 Å². The van der Waals surface area contributed by atoms with E-state index in [1.54, 1.807) is 6.92 Å². The summed E-state index contributed by atoms with van der Waals surface area (Å²) in [5.74, 6) is -1.83. The Hall–Kier alpha value is -0.840. The third-order valence-electron chi connectivity index (χ3n) is 1.63. The molecule has 0 aliphatic rings. The first-order valence-corrected chi connectivity index (χ1v) is 4.49. The number of carbonyl (C=O) groups excluding carboxylic acids is 1. The van der Waals surface area contributed by atoms with E-state index >= 15 is 0 Å². The van der Waals surface area contributed by atoms with Crippen LogP contribution in [0.4, 0.5) is 13.2 Å². The van der Waals surface area contributed by atoms with Crippen LogP contribution in [0.3, 0.4) is 0 Å². The molecule has 1 rings (SSSR count). The summed E-state index contributed by atoms with van der Waals surface area (Å²) in [5.41, 5.74) is 0.429. The van der Waals surface area contributed by atoms with Crippen LogP contribution in [0.25, 0.3) is 0 Å². The van der Waals surface area contributed by atoms with E-state index in [0.717, 1.165) is 11.6 Å². The normalized spacial score (nSPS) is 11.5. The predicted molar refractivity (Wildman–Crippen MR) is 49.3 cm³/mol. The lowest BCUT2D eigenvalue weighted by molar-refractivity contribution is -0.0885. The number of ketones is 1. The fourth-order valence-corrected chi connectivity index (χ4v) is 1.63. The molecule has 1 aromatic carbocycles. The Balaban J connectivity index is 3.15. The van der Waals surface area contributed by atoms with Gasteiger partial charge in [-0.2, -0.15) is 13.2 Å². The molecule has 0 spiro atoms. The van der Waals surface area contributed by atoms with Gasteiger partial charge >= 0.3 is 6.18 Å². The SMILES string of the molecule is Cc1ccc(C(=O)C(F)(F)F)c(Br)c1. The lowest BCUT2D eigenvalue weighted by atomic mass is 10.1. The fraction of sp³-hybridized carbons (Fsp3) is 0.222. The van der Waals surface area contributed by atoms with Crippen molar-refractivity contribution in [2.75, 3.05) is 0 Å². The molecule has 14 heavy (non-hydrogen) atoms. The largest absolute Gasteiger partial charge is 0.454 e. The van der Waals surface area contributed by atoms with Crippen molar-refractivity contribution in [1.82, 2.24) is 0 Å². The maximum atomic E-state index is 12.0. The highest BCUT2D eigenvalue weighted by Crippen LogP contribution is 2.26. The summed E-state index contributed by atoms with van der Waals surface area (Å²) in [5, 5.41) is 0. The van der Waals surface area contributed by atoms with Crippen molar-refractivity contribution in [1.29, 1.82) is 0 Å². The van der Waals surface area contributed by atoms with Crippen LogP contribution >= 0.6 is 15.9 Å². The second kappa shape index (κ2) is 3.73. The lowest BCUT2D eigenvalue weighted by Crippen LogP contribution is -2.23. The van der Waals surface area contributed by atoms with Gasteiger partial charge in [0.15, 0.2) is 0 Å². The highest BCUT2D eigenvalue weighted by Gasteiger charge is 2.40. The minimum absolute atomic E-state index is 0.167. The molecular weight excluding hydrogens is 261 g/mol. The summed E-state index contributed by atoms with van der Waals surface area (Å²) in [6.45, 7) is 1.73. The first kappa shape index (κ1) is 11.2. The molecule has 0 bridgehead atoms. The summed E-state index contributed by atoms with van der Waals surface area (Å²) in [6.07, 6.45) is -4.82. The average Bonchev–Trinajstić information content (AvgIpc) is 2.01. The van der Waals surface area contributed by atoms with Crippen molar-refractivity contribution < 1.29 is 18.0 Å². The van der Waals surface area contributed by atoms with E-state index in [-0.39, 0.29) is 10.0 Å². The quantitative estimate of drug-likeness (QED) is 0.711. The number of hydrogen-bond acceptors (Lipinski definition) is 1. The van der Waals surface area contributed by atoms with E-state index in [1.807, 2.05) is 0 Å². The maximum Gasteiger partial charge on any atom is 0.454 e. The molecule has 0 aromatic heterocycles. The maximum absolute atomic E-state index is 12.0. The van der Waals surface area contributed by atoms with Crippen molar-refractivity contribution in [3.63, 3.8) is 0 Å². The van der Waals surface area contributed by atoms with Gasteiger partial charge in [-0.3, -0.25) is 4.79 Å². The van der Waals surface area contributed by atoms with Crippen molar-refractivity contribution in [2.45, 2.75) is 13.1 Å². The van der Waals surface area contributed by atoms with Crippen molar-refractivity contribution in [2.24, 2.45) is 0 Å². The van der Waals surface area contributed by atoms with Gasteiger partial charge < -0.3 is 0 Å². The van der Waals surface area contributed by atoms with Crippen molar-refractivity contribution in [3.05, 3.63) is 33.8 Å². The van der Waals surface area contributed by atoms with Gasteiger partial charge in [-0.25, -0.2) is 0 Å². The van der Waals surface area contributed by atoms with Crippen LogP contribution in [-0.2, 0) is 0 Å². The van der Waals surface area contributed by atoms with Crippen molar-refractivity contribution >= 4 is 21.7 Å². The number of alkyl halides is 3. The number of halogens is 4. The number of rotatable bonds is 1. The monoisotopic (exact) mass is 266 g/mol. The Bertz CT molecular complexity index is 371. The van der Waals surface area contributed by atoms with Gasteiger partial charge in [-0.15, -0.1) is 0 Å². The van der Waals surface area contributed by atoms with Gasteiger partial charge in [-0.1, -0.05) is 22.0 Å². The first-order valence-electron chi connectivity index (χ1n) is 3.70. The molecule has 76 valence electrons. The number of Topliss-reactive ketones (excluding diaryl/α,β-unsaturated/α-hetero) is 1. The zero-order valence-corrected chi connectivity index (χ0v) is 8.74. The van der Waals surface area contributed by atoms with E-state index in [0.29, 0.717) is 0 Å². The molecule has 0 saturated heterocycles. The first-order chi connectivity index (χ1) is 6.32. The minimum Gasteiger partial charge on any atom is -0.284 e. The molecule has 0 amide bonds. The van der Waals surface area contributed by atoms with E-state index < -0.39 is 12.0 Å². The second-order valence-corrected chi connectivity index (χ2v) is 3.66. The summed E-state index contributed by atoms with van der Waals surface area (Å²) in [7, 11) is 0. The van der Waals surface area contributed by atoms with Crippen molar-refractivity contribution in [3.8, 4) is 0 Å². The molecule has 0 saturated carbocycles. The smallest absolute Gasteiger partial charge is 0.284 e. The molecule has 0 heterocycles. The zero-order chi connectivity index (χ0) is 10.9. The van der Waals surface area contributed by atoms with Crippen LogP contribution < -0.4 is 0 Å². The summed E-state index contributed by atoms with van der Waals surface area (Å²) in [4.78, 5) is 10.8. The average molecular weight is 267 g/mol. The van der Waals surface area contributed by atoms with Crippen LogP contribution in [0.2, 0.25) is 0 Å². The molecule has 0 atom stereocenters. The molecule has 0 aliphatic heterocycles. The van der Waals surface area contributed by atoms with Crippen LogP contribution in [0, 0.1) is 6.92 Å². The van der Waals surface area contributed by atoms with Gasteiger partial charge in [0, 0.05) is 10.0 Å². The minimum atomic E-state index is -4.82. The molecule has 5 heteroatoms. The van der Waals surface area contributed by atoms with Gasteiger partial charge in [0.25, 0.3) is 5.78 Å². The third kappa shape index (κ3) is 2.35. The van der Waals surface area contributed by atoms with E-state index in [1.165, 1.54) is 12.1 Å². The van der Waals surface area contributed by atoms with Crippen LogP contribution in [0.5, 0.6) is 0 Å². The molecule has 0 unspecified atom stereocenters. The number of aryl methyl sites for hydroxylation is 1. The Morgan fingerprint density at radius 2 is 1.93 bits per heavy atom. The zero-order valence-electron chi connectivity index (χ0n) is 7.15. The Labute approximate surface area is 87.1 Å². The summed E-state index contributed by atoms with van der Waals surface area (Å²) >= 11 is 2.92. The highest BCUT2D eigenvalue weighted by molar-refractivity contribution is 9.10. The molecule has 0 radical (unpaired) electrons. The van der Waals surface area contributed by atoms with Crippen LogP contribution in [0.15, 0.2) is 22.7 Å². The Morgan fingerprint density at radius 1 is 1.36 bits per heavy atom. The van der Waals surface area contributed by atoms with E-state index in [4.69, 9.17) is 0 Å². The van der Waals surface area contributed by atoms with Crippen LogP contribution in [-0.4, -0.2) is 12.0 Å². The molecular formula is C9H6BrF3O. The summed E-state index contributed by atoms with van der Waals surface area (Å²) < 4.78 is 36.3. The van der Waals surface area contributed by atoms with Crippen LogP contribution in [0.1, 0.15) is 15.9 Å². The Morgan fingerprint density at radius 3 is 2.36 bits per heavy atom. The molecule has 1 aromatic rings. The highest BCUT2D eigenvalue weighted by atomic mass is 79.9. The van der Waals surface area contributed by atoms with Gasteiger partial charge in [0.2, 0.25) is 0 Å². The van der Waals surface area contributed by atoms with E-state index in [9.17, 15) is 18.0 Å². The molecule has 0 aliphatic carbocycles. The molecule has 1 nitrogen and oxygen atoms in total. The standard InChI is InChI=1S/C9H6BrF3O/c1-5-2-3-6(7(10)4-5)8(14)9(11,12)13/h2-4H,1H3. The number of carbonyl (C=O) groups is 1. The Kier molecular flexibility index (Phi) is 2.99. The predicted octanol–water partition coefficient (Wildman–Crippen LogP) is 3.50. The number of hydrogen-bond donors (Lipinski definition) is 0. The topological polar surface area (TPSA) is 17.1 Å². The van der Waals surface area contributed by atoms with Gasteiger partial charge in [0.05, 0.1) is 0 Å². The fourth-order valence-electron chi connectivity index (χ4n) is 0.957. The number of benzene rings is 1. The van der Waals surface area contributed by atoms with E-state index in [2.05, 4.69) is 15.9 Å².